The third kappa shape index (κ3) is 8.23. The van der Waals surface area contributed by atoms with Gasteiger partial charge >= 0.3 is 0 Å². The van der Waals surface area contributed by atoms with Crippen molar-refractivity contribution in [2.45, 2.75) is 32.7 Å². The fraction of sp³-hybridized carbons (Fsp3) is 0.320. The van der Waals surface area contributed by atoms with Gasteiger partial charge in [0.15, 0.2) is 11.5 Å². The fourth-order valence-corrected chi connectivity index (χ4v) is 3.34. The van der Waals surface area contributed by atoms with Crippen LogP contribution in [0.2, 0.25) is 0 Å². The van der Waals surface area contributed by atoms with Crippen molar-refractivity contribution in [2.75, 3.05) is 20.8 Å². The fourth-order valence-electron chi connectivity index (χ4n) is 3.03. The molecule has 2 aromatic carbocycles. The highest BCUT2D eigenvalue weighted by Crippen LogP contribution is 2.39. The Balaban J connectivity index is 0.000000619. The predicted molar refractivity (Wildman–Crippen MR) is 132 cm³/mol. The van der Waals surface area contributed by atoms with Gasteiger partial charge in [-0.3, -0.25) is 4.79 Å². The first-order valence-corrected chi connectivity index (χ1v) is 10.7. The summed E-state index contributed by atoms with van der Waals surface area (Å²) in [6, 6.07) is 15.0. The molecule has 1 fully saturated rings. The summed E-state index contributed by atoms with van der Waals surface area (Å²) in [4.78, 5) is 14.2. The van der Waals surface area contributed by atoms with Gasteiger partial charge in [0.25, 0.3) is 0 Å². The number of halogens is 1. The second-order valence-corrected chi connectivity index (χ2v) is 7.36. The van der Waals surface area contributed by atoms with Gasteiger partial charge in [0.1, 0.15) is 0 Å². The van der Waals surface area contributed by atoms with E-state index in [0.29, 0.717) is 12.3 Å². The van der Waals surface area contributed by atoms with Crippen LogP contribution in [0.4, 0.5) is 0 Å². The zero-order chi connectivity index (χ0) is 24.0. The third-order valence-electron chi connectivity index (χ3n) is 4.52. The minimum Gasteiger partial charge on any atom is -0.504 e. The number of allylic oxidation sites excluding steroid dienone is 1. The van der Waals surface area contributed by atoms with Crippen LogP contribution in [-0.4, -0.2) is 47.8 Å². The van der Waals surface area contributed by atoms with Crippen LogP contribution in [0.1, 0.15) is 32.3 Å². The van der Waals surface area contributed by atoms with Crippen molar-refractivity contribution >= 4 is 21.8 Å². The lowest BCUT2D eigenvalue weighted by atomic mass is 9.92. The summed E-state index contributed by atoms with van der Waals surface area (Å²) in [5.74, 6) is 0.167. The molecule has 31 heavy (non-hydrogen) atoms. The summed E-state index contributed by atoms with van der Waals surface area (Å²) in [6.07, 6.45) is 1.75. The minimum absolute atomic E-state index is 0.0438. The van der Waals surface area contributed by atoms with Crippen LogP contribution in [0.15, 0.2) is 77.8 Å². The topological polar surface area (TPSA) is 70.0 Å². The standard InChI is InChI=1S/C15H19NO3.C6H5Br.C3H6.CH4O/c1-5-16-10(3)9(2)14(15(16)18)11-6-7-12(17)13(8-11)19-4;7-6-4-2-1-3-5-6;1-3-2;1-2/h6-8,10,14,17H,2,5H2,1,3-4H3;1-5H;3H,1H2,2H3;2H,1H3. The molecular formula is C25H34BrNO4. The highest BCUT2D eigenvalue weighted by Gasteiger charge is 2.40. The molecule has 2 N–H and O–H groups in total. The molecule has 0 saturated carbocycles. The van der Waals surface area contributed by atoms with E-state index in [1.54, 1.807) is 24.3 Å². The number of carbonyl (C=O) groups excluding carboxylic acids is 1. The zero-order valence-electron chi connectivity index (χ0n) is 19.0. The Hall–Kier alpha value is -2.57. The number of phenols is 1. The van der Waals surface area contributed by atoms with E-state index < -0.39 is 0 Å². The van der Waals surface area contributed by atoms with E-state index in [1.165, 1.54) is 7.11 Å². The number of likely N-dealkylation sites (N-methyl/N-ethyl adjacent to an activating group) is 1. The largest absolute Gasteiger partial charge is 0.504 e. The summed E-state index contributed by atoms with van der Waals surface area (Å²) in [5.41, 5.74) is 1.70. The molecule has 1 aliphatic rings. The van der Waals surface area contributed by atoms with Gasteiger partial charge in [-0.2, -0.15) is 0 Å². The van der Waals surface area contributed by atoms with Crippen molar-refractivity contribution in [3.63, 3.8) is 0 Å². The minimum atomic E-state index is -0.343. The number of ether oxygens (including phenoxy) is 1. The summed E-state index contributed by atoms with van der Waals surface area (Å²) < 4.78 is 6.23. The molecule has 0 aromatic heterocycles. The number of hydrogen-bond acceptors (Lipinski definition) is 4. The zero-order valence-corrected chi connectivity index (χ0v) is 20.6. The number of carbonyl (C=O) groups is 1. The number of phenolic OH excluding ortho intramolecular Hbond substituents is 1. The number of likely N-dealkylation sites (tertiary alicyclic amines) is 1. The maximum Gasteiger partial charge on any atom is 0.234 e. The Kier molecular flexibility index (Phi) is 14.0. The van der Waals surface area contributed by atoms with Crippen molar-refractivity contribution in [3.05, 3.63) is 83.4 Å². The van der Waals surface area contributed by atoms with Gasteiger partial charge in [-0.05, 0) is 56.2 Å². The molecule has 0 bridgehead atoms. The number of methoxy groups -OCH3 is 1. The van der Waals surface area contributed by atoms with Crippen molar-refractivity contribution in [1.29, 1.82) is 0 Å². The van der Waals surface area contributed by atoms with Gasteiger partial charge in [0.2, 0.25) is 5.91 Å². The Morgan fingerprint density at radius 3 is 2.13 bits per heavy atom. The first-order chi connectivity index (χ1) is 14.8. The monoisotopic (exact) mass is 491 g/mol. The van der Waals surface area contributed by atoms with Crippen molar-refractivity contribution in [2.24, 2.45) is 0 Å². The number of hydrogen-bond donors (Lipinski definition) is 2. The van der Waals surface area contributed by atoms with Crippen LogP contribution >= 0.6 is 15.9 Å². The van der Waals surface area contributed by atoms with Crippen LogP contribution in [-0.2, 0) is 4.79 Å². The van der Waals surface area contributed by atoms with E-state index in [9.17, 15) is 9.90 Å². The normalized spacial score (nSPS) is 16.7. The number of aliphatic hydroxyl groups is 1. The van der Waals surface area contributed by atoms with Crippen molar-refractivity contribution in [1.82, 2.24) is 4.90 Å². The van der Waals surface area contributed by atoms with Crippen LogP contribution in [0.5, 0.6) is 11.5 Å². The lowest BCUT2D eigenvalue weighted by Crippen LogP contribution is -2.31. The van der Waals surface area contributed by atoms with E-state index in [1.807, 2.05) is 56.0 Å². The van der Waals surface area contributed by atoms with Gasteiger partial charge in [0.05, 0.1) is 19.1 Å². The molecule has 1 saturated heterocycles. The Labute approximate surface area is 194 Å². The Bertz CT molecular complexity index is 824. The number of aromatic hydroxyl groups is 1. The molecule has 0 radical (unpaired) electrons. The molecule has 1 amide bonds. The predicted octanol–water partition coefficient (Wildman–Crippen LogP) is 5.54. The number of amides is 1. The molecular weight excluding hydrogens is 458 g/mol. The molecule has 1 heterocycles. The molecule has 5 nitrogen and oxygen atoms in total. The van der Waals surface area contributed by atoms with Gasteiger partial charge in [-0.25, -0.2) is 0 Å². The Morgan fingerprint density at radius 1 is 1.19 bits per heavy atom. The molecule has 1 aliphatic heterocycles. The lowest BCUT2D eigenvalue weighted by molar-refractivity contribution is -0.129. The van der Waals surface area contributed by atoms with Crippen LogP contribution in [0.3, 0.4) is 0 Å². The van der Waals surface area contributed by atoms with Crippen LogP contribution in [0.25, 0.3) is 0 Å². The average Bonchev–Trinajstić information content (AvgIpc) is 2.99. The van der Waals surface area contributed by atoms with E-state index in [-0.39, 0.29) is 23.6 Å². The molecule has 2 atom stereocenters. The van der Waals surface area contributed by atoms with E-state index >= 15 is 0 Å². The SMILES string of the molecule is Brc1ccccc1.C=C1C(c2ccc(O)c(OC)c2)C(=O)N(CC)C1C.C=CC.CO. The molecule has 2 aromatic rings. The molecule has 0 aliphatic carbocycles. The van der Waals surface area contributed by atoms with Crippen LogP contribution < -0.4 is 4.74 Å². The number of aliphatic hydroxyl groups excluding tert-OH is 1. The quantitative estimate of drug-likeness (QED) is 0.552. The van der Waals surface area contributed by atoms with E-state index in [0.717, 1.165) is 22.7 Å². The van der Waals surface area contributed by atoms with Gasteiger partial charge in [-0.1, -0.05) is 52.9 Å². The third-order valence-corrected chi connectivity index (χ3v) is 5.04. The second kappa shape index (κ2) is 15.3. The van der Waals surface area contributed by atoms with Crippen molar-refractivity contribution < 1.29 is 19.7 Å². The lowest BCUT2D eigenvalue weighted by Gasteiger charge is -2.18. The Morgan fingerprint density at radius 2 is 1.74 bits per heavy atom. The molecule has 2 unspecified atom stereocenters. The highest BCUT2D eigenvalue weighted by molar-refractivity contribution is 9.10. The summed E-state index contributed by atoms with van der Waals surface area (Å²) >= 11 is 3.31. The maximum atomic E-state index is 12.4. The summed E-state index contributed by atoms with van der Waals surface area (Å²) in [5, 5.41) is 16.6. The molecule has 170 valence electrons. The molecule has 6 heteroatoms. The first kappa shape index (κ1) is 28.4. The molecule has 0 spiro atoms. The first-order valence-electron chi connectivity index (χ1n) is 9.90. The summed E-state index contributed by atoms with van der Waals surface area (Å²) in [7, 11) is 2.49. The van der Waals surface area contributed by atoms with Gasteiger partial charge in [-0.15, -0.1) is 6.58 Å². The van der Waals surface area contributed by atoms with E-state index in [2.05, 4.69) is 29.1 Å². The average molecular weight is 492 g/mol. The van der Waals surface area contributed by atoms with E-state index in [4.69, 9.17) is 9.84 Å². The summed E-state index contributed by atoms with van der Waals surface area (Å²) in [6.45, 7) is 13.9. The second-order valence-electron chi connectivity index (χ2n) is 6.44. The number of rotatable bonds is 3. The van der Waals surface area contributed by atoms with Crippen LogP contribution in [0, 0.1) is 0 Å². The smallest absolute Gasteiger partial charge is 0.234 e. The van der Waals surface area contributed by atoms with Gasteiger partial charge < -0.3 is 19.8 Å². The van der Waals surface area contributed by atoms with Crippen molar-refractivity contribution in [3.8, 4) is 11.5 Å². The maximum absolute atomic E-state index is 12.4. The van der Waals surface area contributed by atoms with Gasteiger partial charge in [0, 0.05) is 18.1 Å². The number of nitrogens with zero attached hydrogens (tertiary/aromatic N) is 1. The number of benzene rings is 2. The molecule has 3 rings (SSSR count). The highest BCUT2D eigenvalue weighted by atomic mass is 79.9.